The molecule has 1 heterocycles. The van der Waals surface area contributed by atoms with Crippen LogP contribution in [0.1, 0.15) is 26.7 Å². The minimum Gasteiger partial charge on any atom is -0.269 e. The Bertz CT molecular complexity index is 260. The largest absolute Gasteiger partial charge is 0.293 e. The van der Waals surface area contributed by atoms with Crippen LogP contribution in [0.2, 0.25) is 0 Å². The lowest BCUT2D eigenvalue weighted by Crippen LogP contribution is -2.27. The topological polar surface area (TPSA) is 37.4 Å². The summed E-state index contributed by atoms with van der Waals surface area (Å²) >= 11 is 1.04. The van der Waals surface area contributed by atoms with E-state index >= 15 is 0 Å². The average Bonchev–Trinajstić information content (AvgIpc) is 2.38. The summed E-state index contributed by atoms with van der Waals surface area (Å²) in [6.45, 7) is 4.31. The molecule has 0 aliphatic carbocycles. The minimum atomic E-state index is -0.144. The first-order valence-electron chi connectivity index (χ1n) is 4.44. The van der Waals surface area contributed by atoms with Crippen LogP contribution in [0.15, 0.2) is 11.0 Å². The maximum Gasteiger partial charge on any atom is 0.293 e. The van der Waals surface area contributed by atoms with Gasteiger partial charge in [0.15, 0.2) is 0 Å². The van der Waals surface area contributed by atoms with E-state index in [0.29, 0.717) is 11.4 Å². The molecule has 1 fully saturated rings. The van der Waals surface area contributed by atoms with E-state index in [-0.39, 0.29) is 11.1 Å². The number of likely N-dealkylation sites (N-methyl/N-ethyl adjacent to an activating group) is 1. The monoisotopic (exact) mass is 199 g/mol. The zero-order valence-corrected chi connectivity index (χ0v) is 8.69. The van der Waals surface area contributed by atoms with Crippen LogP contribution in [0.5, 0.6) is 0 Å². The molecule has 0 bridgehead atoms. The van der Waals surface area contributed by atoms with Gasteiger partial charge in [-0.1, -0.05) is 19.4 Å². The molecule has 1 saturated heterocycles. The fourth-order valence-corrected chi connectivity index (χ4v) is 1.99. The lowest BCUT2D eigenvalue weighted by atomic mass is 10.3. The Hall–Kier alpha value is -0.770. The second-order valence-corrected chi connectivity index (χ2v) is 3.77. The molecule has 72 valence electrons. The SMILES string of the molecule is CCC/C=C1/SC(=O)N(CC)C1=O. The lowest BCUT2D eigenvalue weighted by Gasteiger charge is -2.06. The number of hydrogen-bond donors (Lipinski definition) is 0. The van der Waals surface area contributed by atoms with Crippen molar-refractivity contribution in [3.8, 4) is 0 Å². The summed E-state index contributed by atoms with van der Waals surface area (Å²) in [4.78, 5) is 24.5. The van der Waals surface area contributed by atoms with Crippen LogP contribution in [0.4, 0.5) is 4.79 Å². The van der Waals surface area contributed by atoms with E-state index in [4.69, 9.17) is 0 Å². The van der Waals surface area contributed by atoms with Crippen molar-refractivity contribution in [2.45, 2.75) is 26.7 Å². The molecule has 0 aromatic rings. The molecule has 0 aromatic heterocycles. The Morgan fingerprint density at radius 3 is 2.54 bits per heavy atom. The number of rotatable bonds is 3. The summed E-state index contributed by atoms with van der Waals surface area (Å²) in [5.41, 5.74) is 0. The second-order valence-electron chi connectivity index (χ2n) is 2.77. The van der Waals surface area contributed by atoms with Crippen molar-refractivity contribution in [3.63, 3.8) is 0 Å². The van der Waals surface area contributed by atoms with Gasteiger partial charge in [-0.2, -0.15) is 0 Å². The van der Waals surface area contributed by atoms with E-state index in [1.54, 1.807) is 6.92 Å². The molecule has 1 rings (SSSR count). The van der Waals surface area contributed by atoms with Gasteiger partial charge in [0.2, 0.25) is 0 Å². The Morgan fingerprint density at radius 1 is 1.38 bits per heavy atom. The zero-order valence-electron chi connectivity index (χ0n) is 7.87. The number of thioether (sulfide) groups is 1. The first-order chi connectivity index (χ1) is 6.20. The lowest BCUT2D eigenvalue weighted by molar-refractivity contribution is -0.122. The van der Waals surface area contributed by atoms with Gasteiger partial charge in [-0.05, 0) is 25.1 Å². The summed E-state index contributed by atoms with van der Waals surface area (Å²) in [6.07, 6.45) is 3.71. The third-order valence-electron chi connectivity index (χ3n) is 1.81. The van der Waals surface area contributed by atoms with Gasteiger partial charge in [-0.25, -0.2) is 0 Å². The Kier molecular flexibility index (Phi) is 3.54. The normalized spacial score (nSPS) is 20.5. The molecule has 0 aromatic carbocycles. The van der Waals surface area contributed by atoms with Crippen LogP contribution in [-0.2, 0) is 4.79 Å². The van der Waals surface area contributed by atoms with Crippen molar-refractivity contribution < 1.29 is 9.59 Å². The molecular formula is C9H13NO2S. The van der Waals surface area contributed by atoms with Crippen LogP contribution in [0, 0.1) is 0 Å². The average molecular weight is 199 g/mol. The van der Waals surface area contributed by atoms with E-state index < -0.39 is 0 Å². The standard InChI is InChI=1S/C9H13NO2S/c1-3-5-6-7-8(11)10(4-2)9(12)13-7/h6H,3-5H2,1-2H3/b7-6+. The highest BCUT2D eigenvalue weighted by molar-refractivity contribution is 8.18. The first-order valence-corrected chi connectivity index (χ1v) is 5.26. The fraction of sp³-hybridized carbons (Fsp3) is 0.556. The molecule has 4 heteroatoms. The number of amides is 2. The minimum absolute atomic E-state index is 0.133. The number of allylic oxidation sites excluding steroid dienone is 1. The van der Waals surface area contributed by atoms with Crippen LogP contribution in [0.3, 0.4) is 0 Å². The van der Waals surface area contributed by atoms with Gasteiger partial charge in [-0.15, -0.1) is 0 Å². The number of carbonyl (C=O) groups excluding carboxylic acids is 2. The van der Waals surface area contributed by atoms with E-state index in [9.17, 15) is 9.59 Å². The van der Waals surface area contributed by atoms with Gasteiger partial charge >= 0.3 is 0 Å². The summed E-state index contributed by atoms with van der Waals surface area (Å²) in [5.74, 6) is -0.133. The second kappa shape index (κ2) is 4.46. The van der Waals surface area contributed by atoms with Gasteiger partial charge in [0.1, 0.15) is 0 Å². The third-order valence-corrected chi connectivity index (χ3v) is 2.76. The van der Waals surface area contributed by atoms with Crippen LogP contribution < -0.4 is 0 Å². The number of nitrogens with zero attached hydrogens (tertiary/aromatic N) is 1. The predicted molar refractivity (Wildman–Crippen MR) is 53.4 cm³/mol. The molecule has 2 amide bonds. The van der Waals surface area contributed by atoms with Gasteiger partial charge in [-0.3, -0.25) is 14.5 Å². The third kappa shape index (κ3) is 2.12. The van der Waals surface area contributed by atoms with Gasteiger partial charge in [0, 0.05) is 6.54 Å². The van der Waals surface area contributed by atoms with Gasteiger partial charge in [0.05, 0.1) is 4.91 Å². The van der Waals surface area contributed by atoms with E-state index in [0.717, 1.165) is 24.6 Å². The van der Waals surface area contributed by atoms with E-state index in [1.165, 1.54) is 4.90 Å². The summed E-state index contributed by atoms with van der Waals surface area (Å²) in [6, 6.07) is 0. The maximum absolute atomic E-state index is 11.5. The fourth-order valence-electron chi connectivity index (χ4n) is 1.09. The first kappa shape index (κ1) is 10.3. The Balaban J connectivity index is 2.72. The smallest absolute Gasteiger partial charge is 0.269 e. The summed E-state index contributed by atoms with van der Waals surface area (Å²) < 4.78 is 0. The molecule has 0 N–H and O–H groups in total. The van der Waals surface area contributed by atoms with Crippen molar-refractivity contribution in [2.24, 2.45) is 0 Å². The number of carbonyl (C=O) groups is 2. The number of imide groups is 1. The van der Waals surface area contributed by atoms with Gasteiger partial charge < -0.3 is 0 Å². The molecule has 0 saturated carbocycles. The molecule has 0 atom stereocenters. The van der Waals surface area contributed by atoms with E-state index in [1.807, 2.05) is 13.0 Å². The van der Waals surface area contributed by atoms with Crippen LogP contribution >= 0.6 is 11.8 Å². The highest BCUT2D eigenvalue weighted by Gasteiger charge is 2.33. The van der Waals surface area contributed by atoms with Crippen molar-refractivity contribution in [3.05, 3.63) is 11.0 Å². The molecule has 0 radical (unpaired) electrons. The van der Waals surface area contributed by atoms with Crippen LogP contribution in [-0.4, -0.2) is 22.6 Å². The molecule has 1 aliphatic rings. The highest BCUT2D eigenvalue weighted by Crippen LogP contribution is 2.30. The van der Waals surface area contributed by atoms with E-state index in [2.05, 4.69) is 0 Å². The van der Waals surface area contributed by atoms with Crippen molar-refractivity contribution >= 4 is 22.9 Å². The van der Waals surface area contributed by atoms with Crippen molar-refractivity contribution in [1.82, 2.24) is 4.90 Å². The molecule has 3 nitrogen and oxygen atoms in total. The summed E-state index contributed by atoms with van der Waals surface area (Å²) in [7, 11) is 0. The number of unbranched alkanes of at least 4 members (excludes halogenated alkanes) is 1. The summed E-state index contributed by atoms with van der Waals surface area (Å²) in [5, 5.41) is -0.144. The molecule has 0 spiro atoms. The Morgan fingerprint density at radius 2 is 2.08 bits per heavy atom. The van der Waals surface area contributed by atoms with Crippen molar-refractivity contribution in [1.29, 1.82) is 0 Å². The highest BCUT2D eigenvalue weighted by atomic mass is 32.2. The van der Waals surface area contributed by atoms with Crippen molar-refractivity contribution in [2.75, 3.05) is 6.54 Å². The molecule has 1 aliphatic heterocycles. The molecular weight excluding hydrogens is 186 g/mol. The quantitative estimate of drug-likeness (QED) is 0.655. The van der Waals surface area contributed by atoms with Gasteiger partial charge in [0.25, 0.3) is 11.1 Å². The maximum atomic E-state index is 11.5. The molecule has 0 unspecified atom stereocenters. The zero-order chi connectivity index (χ0) is 9.84. The molecule has 13 heavy (non-hydrogen) atoms. The van der Waals surface area contributed by atoms with Crippen LogP contribution in [0.25, 0.3) is 0 Å². The Labute approximate surface area is 82.2 Å². The number of hydrogen-bond acceptors (Lipinski definition) is 3. The predicted octanol–water partition coefficient (Wildman–Crippen LogP) is 2.39.